The van der Waals surface area contributed by atoms with E-state index in [9.17, 15) is 0 Å². The molecule has 1 aromatic heterocycles. The number of hydrogen-bond donors (Lipinski definition) is 0. The van der Waals surface area contributed by atoms with E-state index in [1.165, 1.54) is 53.1 Å². The lowest BCUT2D eigenvalue weighted by molar-refractivity contribution is 0.415. The molecule has 3 aromatic rings. The van der Waals surface area contributed by atoms with Gasteiger partial charge in [0, 0.05) is 28.4 Å². The van der Waals surface area contributed by atoms with Crippen LogP contribution in [0.4, 0.5) is 0 Å². The first-order valence-electron chi connectivity index (χ1n) is 8.88. The maximum Gasteiger partial charge on any atom is 0.119 e. The molecule has 122 valence electrons. The molecule has 2 nitrogen and oxygen atoms in total. The largest absolute Gasteiger partial charge is 0.497 e. The van der Waals surface area contributed by atoms with Crippen molar-refractivity contribution in [1.29, 1.82) is 0 Å². The highest BCUT2D eigenvalue weighted by molar-refractivity contribution is 6.10. The van der Waals surface area contributed by atoms with Crippen molar-refractivity contribution in [3.8, 4) is 5.75 Å². The average Bonchev–Trinajstić information content (AvgIpc) is 2.92. The Labute approximate surface area is 139 Å². The molecule has 2 heteroatoms. The van der Waals surface area contributed by atoms with Crippen molar-refractivity contribution in [3.05, 3.63) is 42.0 Å². The number of rotatable bonds is 7. The molecule has 0 bridgehead atoms. The second-order valence-electron chi connectivity index (χ2n) is 6.25. The molecule has 0 aliphatic carbocycles. The molecule has 0 N–H and O–H groups in total. The van der Waals surface area contributed by atoms with Crippen molar-refractivity contribution < 1.29 is 4.74 Å². The summed E-state index contributed by atoms with van der Waals surface area (Å²) in [6, 6.07) is 13.2. The molecule has 1 heterocycles. The van der Waals surface area contributed by atoms with Gasteiger partial charge in [0.05, 0.1) is 7.11 Å². The minimum Gasteiger partial charge on any atom is -0.497 e. The summed E-state index contributed by atoms with van der Waals surface area (Å²) in [5.41, 5.74) is 4.14. The molecule has 0 amide bonds. The lowest BCUT2D eigenvalue weighted by Gasteiger charge is -2.06. The van der Waals surface area contributed by atoms with Crippen molar-refractivity contribution in [3.63, 3.8) is 0 Å². The third-order valence-corrected chi connectivity index (χ3v) is 4.80. The number of aryl methyl sites for hydroxylation is 2. The van der Waals surface area contributed by atoms with Gasteiger partial charge in [-0.05, 0) is 49.6 Å². The minimum absolute atomic E-state index is 0.938. The number of unbranched alkanes of at least 4 members (excludes halogenated alkanes) is 3. The van der Waals surface area contributed by atoms with Gasteiger partial charge in [0.2, 0.25) is 0 Å². The quantitative estimate of drug-likeness (QED) is 0.492. The maximum absolute atomic E-state index is 5.46. The first kappa shape index (κ1) is 15.9. The summed E-state index contributed by atoms with van der Waals surface area (Å²) in [7, 11) is 1.74. The number of methoxy groups -OCH3 is 1. The molecule has 0 aliphatic heterocycles. The number of ether oxygens (including phenoxy) is 1. The van der Waals surface area contributed by atoms with Gasteiger partial charge in [0.1, 0.15) is 5.75 Å². The normalized spacial score (nSPS) is 11.4. The molecule has 0 fully saturated rings. The topological polar surface area (TPSA) is 14.2 Å². The number of fused-ring (bicyclic) bond motifs is 3. The van der Waals surface area contributed by atoms with Crippen LogP contribution in [0.5, 0.6) is 5.75 Å². The van der Waals surface area contributed by atoms with Gasteiger partial charge in [0.25, 0.3) is 0 Å². The Morgan fingerprint density at radius 2 is 1.83 bits per heavy atom. The SMILES string of the molecule is CCCCCCc1cccc2c1c1cc(OC)ccc1n2CC. The van der Waals surface area contributed by atoms with Crippen LogP contribution in [0.2, 0.25) is 0 Å². The van der Waals surface area contributed by atoms with E-state index in [2.05, 4.69) is 54.8 Å². The first-order chi connectivity index (χ1) is 11.3. The lowest BCUT2D eigenvalue weighted by Crippen LogP contribution is -1.93. The Morgan fingerprint density at radius 1 is 0.957 bits per heavy atom. The van der Waals surface area contributed by atoms with Crippen molar-refractivity contribution in [2.24, 2.45) is 0 Å². The van der Waals surface area contributed by atoms with Gasteiger partial charge in [-0.15, -0.1) is 0 Å². The molecule has 0 unspecified atom stereocenters. The highest BCUT2D eigenvalue weighted by atomic mass is 16.5. The fourth-order valence-corrected chi connectivity index (χ4v) is 3.62. The number of nitrogens with zero attached hydrogens (tertiary/aromatic N) is 1. The number of benzene rings is 2. The zero-order valence-corrected chi connectivity index (χ0v) is 14.6. The smallest absolute Gasteiger partial charge is 0.119 e. The van der Waals surface area contributed by atoms with Gasteiger partial charge >= 0.3 is 0 Å². The van der Waals surface area contributed by atoms with Gasteiger partial charge < -0.3 is 9.30 Å². The Hall–Kier alpha value is -1.96. The summed E-state index contributed by atoms with van der Waals surface area (Å²) in [4.78, 5) is 0. The lowest BCUT2D eigenvalue weighted by atomic mass is 10.0. The van der Waals surface area contributed by atoms with Crippen LogP contribution >= 0.6 is 0 Å². The molecule has 0 saturated carbocycles. The van der Waals surface area contributed by atoms with Gasteiger partial charge in [-0.25, -0.2) is 0 Å². The van der Waals surface area contributed by atoms with E-state index in [0.29, 0.717) is 0 Å². The Bertz CT molecular complexity index is 800. The van der Waals surface area contributed by atoms with Crippen molar-refractivity contribution in [1.82, 2.24) is 4.57 Å². The molecular formula is C21H27NO. The van der Waals surface area contributed by atoms with E-state index in [-0.39, 0.29) is 0 Å². The van der Waals surface area contributed by atoms with Gasteiger partial charge in [0.15, 0.2) is 0 Å². The predicted molar refractivity (Wildman–Crippen MR) is 99.5 cm³/mol. The summed E-state index contributed by atoms with van der Waals surface area (Å²) in [6.07, 6.45) is 6.38. The monoisotopic (exact) mass is 309 g/mol. The van der Waals surface area contributed by atoms with Crippen LogP contribution in [0.15, 0.2) is 36.4 Å². The molecule has 0 spiro atoms. The zero-order chi connectivity index (χ0) is 16.2. The van der Waals surface area contributed by atoms with E-state index in [1.54, 1.807) is 7.11 Å². The van der Waals surface area contributed by atoms with E-state index in [4.69, 9.17) is 4.74 Å². The average molecular weight is 309 g/mol. The first-order valence-corrected chi connectivity index (χ1v) is 8.88. The summed E-state index contributed by atoms with van der Waals surface area (Å²) in [6.45, 7) is 5.48. The van der Waals surface area contributed by atoms with Gasteiger partial charge in [-0.1, -0.05) is 38.3 Å². The number of hydrogen-bond acceptors (Lipinski definition) is 1. The molecule has 0 radical (unpaired) electrons. The molecule has 0 atom stereocenters. The van der Waals surface area contributed by atoms with E-state index >= 15 is 0 Å². The summed E-state index contributed by atoms with van der Waals surface area (Å²) in [5, 5.41) is 2.74. The second kappa shape index (κ2) is 7.08. The van der Waals surface area contributed by atoms with Crippen LogP contribution in [0.25, 0.3) is 21.8 Å². The Balaban J connectivity index is 2.13. The predicted octanol–water partition coefficient (Wildman–Crippen LogP) is 5.95. The van der Waals surface area contributed by atoms with E-state index in [1.807, 2.05) is 0 Å². The van der Waals surface area contributed by atoms with Crippen molar-refractivity contribution in [2.45, 2.75) is 52.5 Å². The highest BCUT2D eigenvalue weighted by Gasteiger charge is 2.13. The summed E-state index contributed by atoms with van der Waals surface area (Å²) >= 11 is 0. The summed E-state index contributed by atoms with van der Waals surface area (Å²) < 4.78 is 7.87. The van der Waals surface area contributed by atoms with Crippen molar-refractivity contribution >= 4 is 21.8 Å². The van der Waals surface area contributed by atoms with Crippen LogP contribution < -0.4 is 4.74 Å². The van der Waals surface area contributed by atoms with Gasteiger partial charge in [-0.2, -0.15) is 0 Å². The molecular weight excluding hydrogens is 282 g/mol. The maximum atomic E-state index is 5.46. The third-order valence-electron chi connectivity index (χ3n) is 4.80. The molecule has 23 heavy (non-hydrogen) atoms. The van der Waals surface area contributed by atoms with Crippen LogP contribution in [0.1, 0.15) is 45.1 Å². The fraction of sp³-hybridized carbons (Fsp3) is 0.429. The minimum atomic E-state index is 0.938. The Kier molecular flexibility index (Phi) is 4.90. The van der Waals surface area contributed by atoms with E-state index in [0.717, 1.165) is 18.7 Å². The van der Waals surface area contributed by atoms with Crippen LogP contribution in [-0.4, -0.2) is 11.7 Å². The van der Waals surface area contributed by atoms with Crippen LogP contribution in [-0.2, 0) is 13.0 Å². The molecule has 2 aromatic carbocycles. The standard InChI is InChI=1S/C21H27NO/c1-4-6-7-8-10-16-11-9-12-20-21(16)18-15-17(23-3)13-14-19(18)22(20)5-2/h9,11-15H,4-8,10H2,1-3H3. The van der Waals surface area contributed by atoms with E-state index < -0.39 is 0 Å². The zero-order valence-electron chi connectivity index (χ0n) is 14.6. The Morgan fingerprint density at radius 3 is 2.57 bits per heavy atom. The molecule has 0 aliphatic rings. The molecule has 0 saturated heterocycles. The number of aromatic nitrogens is 1. The highest BCUT2D eigenvalue weighted by Crippen LogP contribution is 2.34. The fourth-order valence-electron chi connectivity index (χ4n) is 3.62. The van der Waals surface area contributed by atoms with Crippen LogP contribution in [0, 0.1) is 0 Å². The van der Waals surface area contributed by atoms with Crippen LogP contribution in [0.3, 0.4) is 0 Å². The van der Waals surface area contributed by atoms with Crippen molar-refractivity contribution in [2.75, 3.05) is 7.11 Å². The summed E-state index contributed by atoms with van der Waals surface area (Å²) in [5.74, 6) is 0.938. The third kappa shape index (κ3) is 2.95. The molecule has 3 rings (SSSR count). The van der Waals surface area contributed by atoms with Gasteiger partial charge in [-0.3, -0.25) is 0 Å². The second-order valence-corrected chi connectivity index (χ2v) is 6.25.